The van der Waals surface area contributed by atoms with Crippen molar-refractivity contribution in [3.8, 4) is 0 Å². The van der Waals surface area contributed by atoms with Crippen LogP contribution in [0.5, 0.6) is 0 Å². The van der Waals surface area contributed by atoms with Gasteiger partial charge in [-0.1, -0.05) is 0 Å². The second kappa shape index (κ2) is 3.72. The Morgan fingerprint density at radius 3 is 1.18 bits per heavy atom. The minimum absolute atomic E-state index is 0.504. The number of hydrogen-bond acceptors (Lipinski definition) is 0. The van der Waals surface area contributed by atoms with Gasteiger partial charge in [0.25, 0.3) is 0 Å². The van der Waals surface area contributed by atoms with Gasteiger partial charge in [-0.3, -0.25) is 0 Å². The molecule has 0 aliphatic heterocycles. The molecule has 0 aliphatic rings. The van der Waals surface area contributed by atoms with Crippen LogP contribution in [0.15, 0.2) is 0 Å². The predicted molar refractivity (Wildman–Crippen MR) is 55.8 cm³/mol. The van der Waals surface area contributed by atoms with Gasteiger partial charge in [-0.2, -0.15) is 0 Å². The molecular weight excluding hydrogens is 235 g/mol. The van der Waals surface area contributed by atoms with Crippen LogP contribution in [0.3, 0.4) is 0 Å². The van der Waals surface area contributed by atoms with E-state index in [0.29, 0.717) is 10.8 Å². The average molecular weight is 258 g/mol. The Morgan fingerprint density at radius 2 is 1.18 bits per heavy atom. The van der Waals surface area contributed by atoms with Crippen LogP contribution >= 0.6 is 0 Å². The zero-order chi connectivity index (χ0) is 9.28. The Balaban J connectivity index is 4.43. The van der Waals surface area contributed by atoms with E-state index >= 15 is 0 Å². The van der Waals surface area contributed by atoms with Crippen molar-refractivity contribution in [2.75, 3.05) is 0 Å². The van der Waals surface area contributed by atoms with E-state index in [9.17, 15) is 0 Å². The molecule has 0 nitrogen and oxygen atoms in total. The van der Waals surface area contributed by atoms with Gasteiger partial charge in [0, 0.05) is 0 Å². The molecule has 0 aromatic carbocycles. The quantitative estimate of drug-likeness (QED) is 0.678. The maximum absolute atomic E-state index is 2.37. The molecule has 0 aliphatic carbocycles. The van der Waals surface area contributed by atoms with E-state index in [-0.39, 0.29) is 0 Å². The van der Waals surface area contributed by atoms with Gasteiger partial charge < -0.3 is 0 Å². The standard InChI is InChI=1S/C10H21.In.2H/c1-8(9(2,3)4)10(5,6)7;;;/h8H,1H2,2-7H3;;;. The molecule has 0 N–H and O–H groups in total. The van der Waals surface area contributed by atoms with Crippen molar-refractivity contribution in [1.29, 1.82) is 0 Å². The van der Waals surface area contributed by atoms with Crippen LogP contribution in [0, 0.1) is 16.7 Å². The van der Waals surface area contributed by atoms with Crippen LogP contribution in [0.2, 0.25) is 4.18 Å². The van der Waals surface area contributed by atoms with Crippen LogP contribution in [0.1, 0.15) is 41.5 Å². The van der Waals surface area contributed by atoms with Gasteiger partial charge in [0.2, 0.25) is 0 Å². The van der Waals surface area contributed by atoms with Crippen molar-refractivity contribution < 1.29 is 0 Å². The van der Waals surface area contributed by atoms with Crippen LogP contribution in [0.4, 0.5) is 0 Å². The second-order valence-electron chi connectivity index (χ2n) is 5.69. The summed E-state index contributed by atoms with van der Waals surface area (Å²) in [5, 5.41) is 0. The van der Waals surface area contributed by atoms with Crippen molar-refractivity contribution >= 4 is 24.4 Å². The van der Waals surface area contributed by atoms with E-state index in [1.54, 1.807) is 0 Å². The minimum atomic E-state index is 0.504. The van der Waals surface area contributed by atoms with Crippen molar-refractivity contribution in [1.82, 2.24) is 0 Å². The first-order chi connectivity index (χ1) is 4.69. The maximum atomic E-state index is 2.37. The van der Waals surface area contributed by atoms with Gasteiger partial charge in [-0.05, 0) is 0 Å². The number of hydrogen-bond donors (Lipinski definition) is 0. The molecule has 1 heteroatoms. The molecule has 0 rings (SSSR count). The molecule has 0 heterocycles. The van der Waals surface area contributed by atoms with Gasteiger partial charge in [-0.25, -0.2) is 0 Å². The summed E-state index contributed by atoms with van der Waals surface area (Å²) in [6, 6.07) is 0. The third-order valence-electron chi connectivity index (χ3n) is 2.50. The summed E-state index contributed by atoms with van der Waals surface area (Å²) in [7, 11) is 0. The summed E-state index contributed by atoms with van der Waals surface area (Å²) in [4.78, 5) is 0. The normalized spacial score (nSPS) is 14.1. The van der Waals surface area contributed by atoms with E-state index in [4.69, 9.17) is 0 Å². The fourth-order valence-electron chi connectivity index (χ4n) is 2.52. The molecule has 11 heavy (non-hydrogen) atoms. The van der Waals surface area contributed by atoms with Gasteiger partial charge in [0.05, 0.1) is 0 Å². The third kappa shape index (κ3) is 3.87. The molecule has 0 bridgehead atoms. The third-order valence-corrected chi connectivity index (χ3v) is 4.83. The zero-order valence-corrected chi connectivity index (χ0v) is 15.0. The van der Waals surface area contributed by atoms with Gasteiger partial charge >= 0.3 is 86.8 Å². The summed E-state index contributed by atoms with van der Waals surface area (Å²) in [6.45, 7) is 14.2. The van der Waals surface area contributed by atoms with Crippen LogP contribution in [-0.4, -0.2) is 24.4 Å². The Bertz CT molecular complexity index is 99.8. The van der Waals surface area contributed by atoms with E-state index in [1.165, 1.54) is 4.18 Å². The van der Waals surface area contributed by atoms with Crippen molar-refractivity contribution in [3.63, 3.8) is 0 Å². The van der Waals surface area contributed by atoms with Gasteiger partial charge in [0.1, 0.15) is 0 Å². The SMILES string of the molecule is CC(C)(C)C([CH2][InH2])C(C)(C)C. The van der Waals surface area contributed by atoms with E-state index < -0.39 is 0 Å². The first-order valence-corrected chi connectivity index (χ1v) is 8.73. The molecule has 0 fully saturated rings. The van der Waals surface area contributed by atoms with Crippen molar-refractivity contribution in [2.24, 2.45) is 16.7 Å². The Morgan fingerprint density at radius 1 is 0.909 bits per heavy atom. The summed E-state index contributed by atoms with van der Waals surface area (Å²) < 4.78 is 1.49. The Hall–Kier alpha value is 0.870. The molecule has 0 saturated carbocycles. The van der Waals surface area contributed by atoms with E-state index in [1.807, 2.05) is 0 Å². The molecule has 0 aromatic rings. The fraction of sp³-hybridized carbons (Fsp3) is 1.00. The summed E-state index contributed by atoms with van der Waals surface area (Å²) in [6.07, 6.45) is 0. The fourth-order valence-corrected chi connectivity index (χ4v) is 9.51. The van der Waals surface area contributed by atoms with E-state index in [0.717, 1.165) is 30.3 Å². The second-order valence-corrected chi connectivity index (χ2v) is 8.02. The number of rotatable bonds is 1. The monoisotopic (exact) mass is 258 g/mol. The van der Waals surface area contributed by atoms with Crippen molar-refractivity contribution in [3.05, 3.63) is 0 Å². The first kappa shape index (κ1) is 11.9. The summed E-state index contributed by atoms with van der Waals surface area (Å²) >= 11 is 0.843. The molecule has 0 aromatic heterocycles. The van der Waals surface area contributed by atoms with Crippen LogP contribution < -0.4 is 0 Å². The van der Waals surface area contributed by atoms with Crippen molar-refractivity contribution in [2.45, 2.75) is 45.7 Å². The molecule has 66 valence electrons. The average Bonchev–Trinajstić information content (AvgIpc) is 1.56. The summed E-state index contributed by atoms with van der Waals surface area (Å²) in [5.41, 5.74) is 1.01. The zero-order valence-electron chi connectivity index (χ0n) is 9.28. The predicted octanol–water partition coefficient (Wildman–Crippen LogP) is 2.75. The molecule has 0 amide bonds. The van der Waals surface area contributed by atoms with Crippen LogP contribution in [0.25, 0.3) is 0 Å². The molecule has 0 radical (unpaired) electrons. The van der Waals surface area contributed by atoms with Gasteiger partial charge in [0.15, 0.2) is 0 Å². The topological polar surface area (TPSA) is 0 Å². The molecule has 0 unspecified atom stereocenters. The molecular formula is C10H23In. The molecule has 0 spiro atoms. The Kier molecular flexibility index (Phi) is 4.02. The molecule has 0 atom stereocenters. The molecule has 0 saturated heterocycles. The summed E-state index contributed by atoms with van der Waals surface area (Å²) in [5.74, 6) is 0.908. The Labute approximate surface area is 86.7 Å². The van der Waals surface area contributed by atoms with Crippen LogP contribution in [-0.2, 0) is 0 Å². The van der Waals surface area contributed by atoms with Gasteiger partial charge in [-0.15, -0.1) is 0 Å². The first-order valence-electron chi connectivity index (χ1n) is 4.69. The van der Waals surface area contributed by atoms with E-state index in [2.05, 4.69) is 41.5 Å².